The van der Waals surface area contributed by atoms with Crippen LogP contribution in [0.15, 0.2) is 48.5 Å². The summed E-state index contributed by atoms with van der Waals surface area (Å²) in [6.07, 6.45) is 5.41. The van der Waals surface area contributed by atoms with E-state index < -0.39 is 0 Å². The summed E-state index contributed by atoms with van der Waals surface area (Å²) in [4.78, 5) is 15.4. The van der Waals surface area contributed by atoms with E-state index in [0.29, 0.717) is 18.0 Å². The molecule has 2 aliphatic heterocycles. The zero-order valence-electron chi connectivity index (χ0n) is 15.5. The first-order valence-electron chi connectivity index (χ1n) is 9.91. The van der Waals surface area contributed by atoms with Crippen LogP contribution in [-0.4, -0.2) is 29.4 Å². The Balaban J connectivity index is 1.60. The molecule has 2 saturated heterocycles. The Bertz CT molecular complexity index is 786. The Morgan fingerprint density at radius 2 is 1.69 bits per heavy atom. The molecule has 2 aromatic carbocycles. The molecule has 2 atom stereocenters. The number of fused-ring (bicyclic) bond motifs is 2. The Hall–Kier alpha value is -2.13. The monoisotopic (exact) mass is 348 g/mol. The zero-order valence-corrected chi connectivity index (χ0v) is 15.5. The number of hydrogen-bond acceptors (Lipinski definition) is 2. The third kappa shape index (κ3) is 3.16. The number of amides is 1. The fourth-order valence-corrected chi connectivity index (χ4v) is 4.77. The van der Waals surface area contributed by atoms with Gasteiger partial charge in [-0.3, -0.25) is 4.79 Å². The topological polar surface area (TPSA) is 46.3 Å². The second kappa shape index (κ2) is 7.24. The third-order valence-corrected chi connectivity index (χ3v) is 6.18. The Kier molecular flexibility index (Phi) is 4.82. The van der Waals surface area contributed by atoms with Crippen molar-refractivity contribution in [2.24, 2.45) is 11.7 Å². The number of piperidine rings is 1. The van der Waals surface area contributed by atoms with Crippen molar-refractivity contribution >= 4 is 5.91 Å². The molecular formula is C23H28N2O. The molecule has 2 bridgehead atoms. The lowest BCUT2D eigenvalue weighted by Gasteiger charge is -2.38. The van der Waals surface area contributed by atoms with E-state index in [2.05, 4.69) is 48.2 Å². The molecule has 0 spiro atoms. The standard InChI is InChI=1S/C23H28N2O/c1-2-16-5-3-6-18(11-16)19-7-4-8-20(14-19)23(26)25-21-9-10-22(25)13-17(12-21)15-24/h3-8,11,14,17,21-22H,2,9-10,12-13,15,24H2,1H3. The first-order chi connectivity index (χ1) is 12.7. The van der Waals surface area contributed by atoms with Gasteiger partial charge in [-0.15, -0.1) is 0 Å². The second-order valence-corrected chi connectivity index (χ2v) is 7.81. The molecule has 3 nitrogen and oxygen atoms in total. The van der Waals surface area contributed by atoms with Crippen molar-refractivity contribution in [1.82, 2.24) is 4.90 Å². The van der Waals surface area contributed by atoms with Gasteiger partial charge < -0.3 is 10.6 Å². The minimum absolute atomic E-state index is 0.196. The number of hydrogen-bond donors (Lipinski definition) is 1. The first kappa shape index (κ1) is 17.3. The Labute approximate surface area is 156 Å². The number of carbonyl (C=O) groups excluding carboxylic acids is 1. The number of nitrogens with zero attached hydrogens (tertiary/aromatic N) is 1. The van der Waals surface area contributed by atoms with E-state index in [1.165, 1.54) is 11.1 Å². The Morgan fingerprint density at radius 3 is 2.35 bits per heavy atom. The minimum Gasteiger partial charge on any atom is -0.333 e. The quantitative estimate of drug-likeness (QED) is 0.897. The van der Waals surface area contributed by atoms with Gasteiger partial charge in [0.1, 0.15) is 0 Å². The Morgan fingerprint density at radius 1 is 1.04 bits per heavy atom. The van der Waals surface area contributed by atoms with E-state index in [-0.39, 0.29) is 5.91 Å². The summed E-state index contributed by atoms with van der Waals surface area (Å²) in [6.45, 7) is 2.91. The van der Waals surface area contributed by atoms with E-state index in [0.717, 1.165) is 49.8 Å². The van der Waals surface area contributed by atoms with Gasteiger partial charge in [0.05, 0.1) is 0 Å². The minimum atomic E-state index is 0.196. The maximum absolute atomic E-state index is 13.3. The van der Waals surface area contributed by atoms with Crippen molar-refractivity contribution < 1.29 is 4.79 Å². The molecule has 26 heavy (non-hydrogen) atoms. The van der Waals surface area contributed by atoms with E-state index in [9.17, 15) is 4.79 Å². The third-order valence-electron chi connectivity index (χ3n) is 6.18. The van der Waals surface area contributed by atoms with Crippen LogP contribution in [0.5, 0.6) is 0 Å². The van der Waals surface area contributed by atoms with Crippen molar-refractivity contribution in [3.8, 4) is 11.1 Å². The summed E-state index contributed by atoms with van der Waals surface area (Å²) in [6, 6.07) is 17.5. The molecule has 0 saturated carbocycles. The van der Waals surface area contributed by atoms with Crippen molar-refractivity contribution in [2.75, 3.05) is 6.54 Å². The highest BCUT2D eigenvalue weighted by Crippen LogP contribution is 2.39. The molecule has 4 rings (SSSR count). The number of benzene rings is 2. The summed E-state index contributed by atoms with van der Waals surface area (Å²) in [5, 5.41) is 0. The van der Waals surface area contributed by atoms with Gasteiger partial charge in [-0.2, -0.15) is 0 Å². The van der Waals surface area contributed by atoms with Crippen LogP contribution in [0.4, 0.5) is 0 Å². The van der Waals surface area contributed by atoms with Crippen molar-refractivity contribution in [2.45, 2.75) is 51.1 Å². The number of carbonyl (C=O) groups is 1. The van der Waals surface area contributed by atoms with Crippen LogP contribution >= 0.6 is 0 Å². The molecule has 0 aliphatic carbocycles. The largest absolute Gasteiger partial charge is 0.333 e. The van der Waals surface area contributed by atoms with Gasteiger partial charge in [-0.05, 0) is 73.4 Å². The molecular weight excluding hydrogens is 320 g/mol. The molecule has 2 unspecified atom stereocenters. The lowest BCUT2D eigenvalue weighted by atomic mass is 9.90. The smallest absolute Gasteiger partial charge is 0.254 e. The van der Waals surface area contributed by atoms with E-state index in [1.54, 1.807) is 0 Å². The molecule has 0 aromatic heterocycles. The van der Waals surface area contributed by atoms with Gasteiger partial charge in [0, 0.05) is 17.6 Å². The van der Waals surface area contributed by atoms with E-state index in [1.807, 2.05) is 12.1 Å². The maximum Gasteiger partial charge on any atom is 0.254 e. The van der Waals surface area contributed by atoms with Crippen LogP contribution in [0.3, 0.4) is 0 Å². The molecule has 2 heterocycles. The maximum atomic E-state index is 13.3. The normalized spacial score (nSPS) is 24.7. The highest BCUT2D eigenvalue weighted by atomic mass is 16.2. The first-order valence-corrected chi connectivity index (χ1v) is 9.91. The summed E-state index contributed by atoms with van der Waals surface area (Å²) in [5.74, 6) is 0.779. The van der Waals surface area contributed by atoms with Crippen LogP contribution < -0.4 is 5.73 Å². The van der Waals surface area contributed by atoms with Gasteiger partial charge in [0.25, 0.3) is 5.91 Å². The predicted molar refractivity (Wildman–Crippen MR) is 106 cm³/mol. The van der Waals surface area contributed by atoms with Gasteiger partial charge >= 0.3 is 0 Å². The average Bonchev–Trinajstić information content (AvgIpc) is 2.96. The highest BCUT2D eigenvalue weighted by molar-refractivity contribution is 5.96. The van der Waals surface area contributed by atoms with Crippen LogP contribution in [-0.2, 0) is 6.42 Å². The molecule has 2 fully saturated rings. The van der Waals surface area contributed by atoms with Crippen LogP contribution in [0.1, 0.15) is 48.5 Å². The van der Waals surface area contributed by atoms with Crippen LogP contribution in [0, 0.1) is 5.92 Å². The summed E-state index contributed by atoms with van der Waals surface area (Å²) in [5.41, 5.74) is 10.3. The fraction of sp³-hybridized carbons (Fsp3) is 0.435. The van der Waals surface area contributed by atoms with Gasteiger partial charge in [0.15, 0.2) is 0 Å². The molecule has 3 heteroatoms. The number of aryl methyl sites for hydroxylation is 1. The number of rotatable bonds is 4. The zero-order chi connectivity index (χ0) is 18.1. The van der Waals surface area contributed by atoms with E-state index >= 15 is 0 Å². The van der Waals surface area contributed by atoms with Crippen molar-refractivity contribution in [3.05, 3.63) is 59.7 Å². The molecule has 1 amide bonds. The van der Waals surface area contributed by atoms with Crippen molar-refractivity contribution in [1.29, 1.82) is 0 Å². The highest BCUT2D eigenvalue weighted by Gasteiger charge is 2.42. The van der Waals surface area contributed by atoms with Crippen LogP contribution in [0.25, 0.3) is 11.1 Å². The SMILES string of the molecule is CCc1cccc(-c2cccc(C(=O)N3C4CCC3CC(CN)C4)c2)c1. The lowest BCUT2D eigenvalue weighted by molar-refractivity contribution is 0.0530. The second-order valence-electron chi connectivity index (χ2n) is 7.81. The summed E-state index contributed by atoms with van der Waals surface area (Å²) >= 11 is 0. The van der Waals surface area contributed by atoms with Gasteiger partial charge in [0.2, 0.25) is 0 Å². The lowest BCUT2D eigenvalue weighted by Crippen LogP contribution is -2.47. The predicted octanol–water partition coefficient (Wildman–Crippen LogP) is 4.26. The fourth-order valence-electron chi connectivity index (χ4n) is 4.77. The van der Waals surface area contributed by atoms with Gasteiger partial charge in [-0.25, -0.2) is 0 Å². The molecule has 2 N–H and O–H groups in total. The molecule has 136 valence electrons. The summed E-state index contributed by atoms with van der Waals surface area (Å²) < 4.78 is 0. The summed E-state index contributed by atoms with van der Waals surface area (Å²) in [7, 11) is 0. The average molecular weight is 348 g/mol. The van der Waals surface area contributed by atoms with Crippen molar-refractivity contribution in [3.63, 3.8) is 0 Å². The molecule has 2 aromatic rings. The molecule has 0 radical (unpaired) electrons. The van der Waals surface area contributed by atoms with E-state index in [4.69, 9.17) is 5.73 Å². The molecule has 2 aliphatic rings. The van der Waals surface area contributed by atoms with Gasteiger partial charge in [-0.1, -0.05) is 43.3 Å². The number of nitrogens with two attached hydrogens (primary N) is 1. The van der Waals surface area contributed by atoms with Crippen LogP contribution in [0.2, 0.25) is 0 Å².